The quantitative estimate of drug-likeness (QED) is 0.741. The lowest BCUT2D eigenvalue weighted by molar-refractivity contribution is 0.162. The molecule has 0 radical (unpaired) electrons. The molecular weight excluding hydrogens is 214 g/mol. The summed E-state index contributed by atoms with van der Waals surface area (Å²) in [6.07, 6.45) is 8.18. The zero-order valence-electron chi connectivity index (χ0n) is 10.5. The van der Waals surface area contributed by atoms with Gasteiger partial charge in [0, 0.05) is 37.9 Å². The molecule has 2 saturated heterocycles. The highest BCUT2D eigenvalue weighted by molar-refractivity contribution is 4.96. The molecule has 2 atom stereocenters. The zero-order chi connectivity index (χ0) is 11.7. The van der Waals surface area contributed by atoms with Crippen molar-refractivity contribution >= 4 is 0 Å². The maximum atomic E-state index is 5.32. The molecule has 0 saturated carbocycles. The number of nitrogens with zero attached hydrogens (tertiary/aromatic N) is 3. The Morgan fingerprint density at radius 3 is 3.18 bits per heavy atom. The second kappa shape index (κ2) is 4.78. The molecule has 3 rings (SSSR count). The Labute approximate surface area is 103 Å². The third kappa shape index (κ3) is 2.53. The maximum Gasteiger partial charge on any atom is 0.108 e. The molecule has 0 aliphatic carbocycles. The van der Waals surface area contributed by atoms with Gasteiger partial charge in [-0.15, -0.1) is 0 Å². The van der Waals surface area contributed by atoms with Crippen LogP contribution in [0.2, 0.25) is 0 Å². The molecule has 1 aromatic rings. The Hall–Kier alpha value is -0.870. The van der Waals surface area contributed by atoms with Crippen LogP contribution in [0.15, 0.2) is 12.4 Å². The Bertz CT molecular complexity index is 372. The van der Waals surface area contributed by atoms with E-state index >= 15 is 0 Å². The Balaban J connectivity index is 1.65. The SMILES string of the molecule is CCc1nccn1[C@@H]1CCCN(C[C@H]2CO2)C1. The van der Waals surface area contributed by atoms with E-state index in [1.165, 1.54) is 25.2 Å². The number of epoxide rings is 1. The molecule has 0 amide bonds. The minimum absolute atomic E-state index is 0.516. The van der Waals surface area contributed by atoms with Crippen molar-refractivity contribution in [3.63, 3.8) is 0 Å². The summed E-state index contributed by atoms with van der Waals surface area (Å²) < 4.78 is 7.70. The number of ether oxygens (including phenoxy) is 1. The van der Waals surface area contributed by atoms with E-state index in [1.54, 1.807) is 0 Å². The van der Waals surface area contributed by atoms with Gasteiger partial charge in [0.2, 0.25) is 0 Å². The van der Waals surface area contributed by atoms with Gasteiger partial charge in [0.05, 0.1) is 12.7 Å². The highest BCUT2D eigenvalue weighted by Gasteiger charge is 2.29. The van der Waals surface area contributed by atoms with Crippen molar-refractivity contribution in [2.24, 2.45) is 0 Å². The van der Waals surface area contributed by atoms with Crippen LogP contribution in [0, 0.1) is 0 Å². The predicted octanol–water partition coefficient (Wildman–Crippen LogP) is 1.48. The smallest absolute Gasteiger partial charge is 0.108 e. The minimum atomic E-state index is 0.516. The summed E-state index contributed by atoms with van der Waals surface area (Å²) >= 11 is 0. The van der Waals surface area contributed by atoms with E-state index in [1.807, 2.05) is 6.20 Å². The van der Waals surface area contributed by atoms with Gasteiger partial charge in [0.15, 0.2) is 0 Å². The van der Waals surface area contributed by atoms with E-state index in [4.69, 9.17) is 4.74 Å². The third-order valence-electron chi connectivity index (χ3n) is 3.80. The van der Waals surface area contributed by atoms with E-state index in [0.29, 0.717) is 12.1 Å². The fourth-order valence-electron chi connectivity index (χ4n) is 2.84. The van der Waals surface area contributed by atoms with Gasteiger partial charge in [0.25, 0.3) is 0 Å². The Morgan fingerprint density at radius 1 is 1.53 bits per heavy atom. The molecule has 0 unspecified atom stereocenters. The van der Waals surface area contributed by atoms with Gasteiger partial charge in [-0.25, -0.2) is 4.98 Å². The zero-order valence-corrected chi connectivity index (χ0v) is 10.5. The number of imidazole rings is 1. The van der Waals surface area contributed by atoms with Gasteiger partial charge in [-0.05, 0) is 19.4 Å². The second-order valence-electron chi connectivity index (χ2n) is 5.12. The molecule has 94 valence electrons. The van der Waals surface area contributed by atoms with Crippen molar-refractivity contribution in [1.82, 2.24) is 14.5 Å². The number of hydrogen-bond donors (Lipinski definition) is 0. The molecule has 0 bridgehead atoms. The fraction of sp³-hybridized carbons (Fsp3) is 0.769. The predicted molar refractivity (Wildman–Crippen MR) is 66.1 cm³/mol. The molecule has 1 aromatic heterocycles. The molecule has 0 N–H and O–H groups in total. The van der Waals surface area contributed by atoms with Gasteiger partial charge < -0.3 is 9.30 Å². The van der Waals surface area contributed by atoms with Crippen LogP contribution in [-0.4, -0.2) is 46.8 Å². The lowest BCUT2D eigenvalue weighted by Crippen LogP contribution is -2.39. The summed E-state index contributed by atoms with van der Waals surface area (Å²) in [5.41, 5.74) is 0. The largest absolute Gasteiger partial charge is 0.372 e. The molecule has 0 aromatic carbocycles. The first-order valence-electron chi connectivity index (χ1n) is 6.72. The van der Waals surface area contributed by atoms with E-state index in [-0.39, 0.29) is 0 Å². The molecule has 17 heavy (non-hydrogen) atoms. The standard InChI is InChI=1S/C13H21N3O/c1-2-13-14-5-7-16(13)11-4-3-6-15(8-11)9-12-10-17-12/h5,7,11-12H,2-4,6,8-10H2,1H3/t11-,12+/m1/s1. The fourth-order valence-corrected chi connectivity index (χ4v) is 2.84. The van der Waals surface area contributed by atoms with Crippen LogP contribution in [0.4, 0.5) is 0 Å². The van der Waals surface area contributed by atoms with Gasteiger partial charge in [-0.3, -0.25) is 4.90 Å². The molecule has 3 heterocycles. The monoisotopic (exact) mass is 235 g/mol. The van der Waals surface area contributed by atoms with Gasteiger partial charge in [-0.2, -0.15) is 0 Å². The van der Waals surface area contributed by atoms with E-state index < -0.39 is 0 Å². The van der Waals surface area contributed by atoms with Crippen molar-refractivity contribution in [2.45, 2.75) is 38.3 Å². The summed E-state index contributed by atoms with van der Waals surface area (Å²) in [5.74, 6) is 1.22. The lowest BCUT2D eigenvalue weighted by atomic mass is 10.1. The Kier molecular flexibility index (Phi) is 3.16. The Morgan fingerprint density at radius 2 is 2.41 bits per heavy atom. The number of hydrogen-bond acceptors (Lipinski definition) is 3. The number of aryl methyl sites for hydroxylation is 1. The topological polar surface area (TPSA) is 33.6 Å². The summed E-state index contributed by atoms with van der Waals surface area (Å²) in [6.45, 7) is 6.65. The first kappa shape index (κ1) is 11.2. The first-order valence-corrected chi connectivity index (χ1v) is 6.72. The van der Waals surface area contributed by atoms with Crippen molar-refractivity contribution in [3.05, 3.63) is 18.2 Å². The molecule has 4 heteroatoms. The van der Waals surface area contributed by atoms with Crippen LogP contribution in [0.25, 0.3) is 0 Å². The molecule has 0 spiro atoms. The second-order valence-corrected chi connectivity index (χ2v) is 5.12. The number of likely N-dealkylation sites (tertiary alicyclic amines) is 1. The molecule has 2 aliphatic heterocycles. The van der Waals surface area contributed by atoms with Crippen molar-refractivity contribution in [3.8, 4) is 0 Å². The van der Waals surface area contributed by atoms with Crippen LogP contribution in [0.3, 0.4) is 0 Å². The number of piperidine rings is 1. The van der Waals surface area contributed by atoms with Crippen molar-refractivity contribution in [2.75, 3.05) is 26.2 Å². The summed E-state index contributed by atoms with van der Waals surface area (Å²) in [6, 6.07) is 0.611. The van der Waals surface area contributed by atoms with Crippen molar-refractivity contribution in [1.29, 1.82) is 0 Å². The highest BCUT2D eigenvalue weighted by Crippen LogP contribution is 2.24. The molecule has 4 nitrogen and oxygen atoms in total. The van der Waals surface area contributed by atoms with Crippen LogP contribution in [-0.2, 0) is 11.2 Å². The average Bonchev–Trinajstić information content (AvgIpc) is 3.04. The number of rotatable bonds is 4. The van der Waals surface area contributed by atoms with E-state index in [0.717, 1.165) is 26.1 Å². The summed E-state index contributed by atoms with van der Waals surface area (Å²) in [7, 11) is 0. The van der Waals surface area contributed by atoms with Gasteiger partial charge in [0.1, 0.15) is 5.82 Å². The average molecular weight is 235 g/mol. The molecule has 2 aliphatic rings. The molecular formula is C13H21N3O. The minimum Gasteiger partial charge on any atom is -0.372 e. The summed E-state index contributed by atoms with van der Waals surface area (Å²) in [5, 5.41) is 0. The molecule has 2 fully saturated rings. The van der Waals surface area contributed by atoms with Gasteiger partial charge in [-0.1, -0.05) is 6.92 Å². The van der Waals surface area contributed by atoms with Crippen LogP contribution in [0.1, 0.15) is 31.6 Å². The van der Waals surface area contributed by atoms with E-state index in [9.17, 15) is 0 Å². The van der Waals surface area contributed by atoms with Crippen LogP contribution >= 0.6 is 0 Å². The van der Waals surface area contributed by atoms with Crippen LogP contribution in [0.5, 0.6) is 0 Å². The normalized spacial score (nSPS) is 29.5. The first-order chi connectivity index (χ1) is 8.36. The maximum absolute atomic E-state index is 5.32. The van der Waals surface area contributed by atoms with Gasteiger partial charge >= 0.3 is 0 Å². The summed E-state index contributed by atoms with van der Waals surface area (Å²) in [4.78, 5) is 6.97. The van der Waals surface area contributed by atoms with E-state index in [2.05, 4.69) is 27.6 Å². The highest BCUT2D eigenvalue weighted by atomic mass is 16.6. The number of aromatic nitrogens is 2. The third-order valence-corrected chi connectivity index (χ3v) is 3.80. The van der Waals surface area contributed by atoms with Crippen LogP contribution < -0.4 is 0 Å². The van der Waals surface area contributed by atoms with Crippen molar-refractivity contribution < 1.29 is 4.74 Å². The lowest BCUT2D eigenvalue weighted by Gasteiger charge is -2.33.